The van der Waals surface area contributed by atoms with Gasteiger partial charge in [-0.1, -0.05) is 6.07 Å². The Morgan fingerprint density at radius 2 is 2.19 bits per heavy atom. The van der Waals surface area contributed by atoms with Gasteiger partial charge in [-0.05, 0) is 44.4 Å². The maximum Gasteiger partial charge on any atom is 0.222 e. The number of hydrogen-bond acceptors (Lipinski definition) is 3. The topological polar surface area (TPSA) is 60.0 Å². The van der Waals surface area contributed by atoms with Gasteiger partial charge in [-0.2, -0.15) is 0 Å². The normalized spacial score (nSPS) is 14.6. The van der Waals surface area contributed by atoms with Crippen molar-refractivity contribution in [1.82, 2.24) is 15.5 Å². The van der Waals surface area contributed by atoms with Crippen LogP contribution in [-0.2, 0) is 4.79 Å². The Labute approximate surface area is 161 Å². The second-order valence-corrected chi connectivity index (χ2v) is 6.78. The number of likely N-dealkylation sites (tertiary alicyclic amines) is 1. The van der Waals surface area contributed by atoms with Crippen molar-refractivity contribution in [2.24, 2.45) is 4.99 Å². The third-order valence-corrected chi connectivity index (χ3v) is 4.58. The van der Waals surface area contributed by atoms with E-state index in [1.165, 1.54) is 6.07 Å². The van der Waals surface area contributed by atoms with Crippen molar-refractivity contribution in [2.45, 2.75) is 32.6 Å². The number of guanidine groups is 1. The number of anilines is 1. The average molecular weight is 378 g/mol. The van der Waals surface area contributed by atoms with Crippen LogP contribution in [0.15, 0.2) is 29.3 Å². The van der Waals surface area contributed by atoms with Crippen LogP contribution in [-0.4, -0.2) is 63.1 Å². The quantitative estimate of drug-likeness (QED) is 0.373. The van der Waals surface area contributed by atoms with E-state index >= 15 is 0 Å². The monoisotopic (exact) mass is 377 g/mol. The van der Waals surface area contributed by atoms with Gasteiger partial charge in [-0.3, -0.25) is 9.79 Å². The van der Waals surface area contributed by atoms with Gasteiger partial charge in [0.25, 0.3) is 0 Å². The van der Waals surface area contributed by atoms with E-state index in [1.807, 2.05) is 29.8 Å². The second-order valence-electron chi connectivity index (χ2n) is 6.78. The SMILES string of the molecule is CCNC(=NCCCN1CCCC1=O)NCCCN(C)c1cccc(F)c1. The van der Waals surface area contributed by atoms with Crippen LogP contribution in [0.5, 0.6) is 0 Å². The van der Waals surface area contributed by atoms with Crippen molar-refractivity contribution in [3.05, 3.63) is 30.1 Å². The molecule has 0 saturated carbocycles. The maximum absolute atomic E-state index is 13.3. The first-order chi connectivity index (χ1) is 13.1. The van der Waals surface area contributed by atoms with Crippen LogP contribution < -0.4 is 15.5 Å². The van der Waals surface area contributed by atoms with Gasteiger partial charge in [0.05, 0.1) is 0 Å². The van der Waals surface area contributed by atoms with Gasteiger partial charge >= 0.3 is 0 Å². The second kappa shape index (κ2) is 11.4. The molecule has 1 aliphatic heterocycles. The average Bonchev–Trinajstić information content (AvgIpc) is 3.06. The van der Waals surface area contributed by atoms with E-state index in [9.17, 15) is 9.18 Å². The van der Waals surface area contributed by atoms with Crippen LogP contribution in [0, 0.1) is 5.82 Å². The largest absolute Gasteiger partial charge is 0.374 e. The molecule has 150 valence electrons. The summed E-state index contributed by atoms with van der Waals surface area (Å²) < 4.78 is 13.3. The fourth-order valence-corrected chi connectivity index (χ4v) is 3.10. The van der Waals surface area contributed by atoms with Crippen LogP contribution in [0.4, 0.5) is 10.1 Å². The summed E-state index contributed by atoms with van der Waals surface area (Å²) in [7, 11) is 1.97. The highest BCUT2D eigenvalue weighted by molar-refractivity contribution is 5.79. The highest BCUT2D eigenvalue weighted by atomic mass is 19.1. The fraction of sp³-hybridized carbons (Fsp3) is 0.600. The summed E-state index contributed by atoms with van der Waals surface area (Å²) in [6.07, 6.45) is 3.47. The third-order valence-electron chi connectivity index (χ3n) is 4.58. The minimum absolute atomic E-state index is 0.213. The highest BCUT2D eigenvalue weighted by Gasteiger charge is 2.18. The molecule has 1 saturated heterocycles. The van der Waals surface area contributed by atoms with Crippen molar-refractivity contribution in [2.75, 3.05) is 51.2 Å². The number of carbonyl (C=O) groups is 1. The number of carbonyl (C=O) groups excluding carboxylic acids is 1. The number of halogens is 1. The highest BCUT2D eigenvalue weighted by Crippen LogP contribution is 2.13. The van der Waals surface area contributed by atoms with Crippen molar-refractivity contribution in [3.8, 4) is 0 Å². The molecule has 1 amide bonds. The Kier molecular flexibility index (Phi) is 8.87. The van der Waals surface area contributed by atoms with E-state index in [-0.39, 0.29) is 11.7 Å². The minimum Gasteiger partial charge on any atom is -0.374 e. The molecule has 0 unspecified atom stereocenters. The number of rotatable bonds is 10. The van der Waals surface area contributed by atoms with Crippen LogP contribution in [0.25, 0.3) is 0 Å². The first-order valence-corrected chi connectivity index (χ1v) is 9.87. The summed E-state index contributed by atoms with van der Waals surface area (Å²) >= 11 is 0. The van der Waals surface area contributed by atoms with E-state index in [2.05, 4.69) is 15.6 Å². The standard InChI is InChI=1S/C20H32FN5O/c1-3-22-20(24-12-7-15-26-14-5-10-19(26)27)23-11-6-13-25(2)18-9-4-8-17(21)16-18/h4,8-9,16H,3,5-7,10-15H2,1-2H3,(H2,22,23,24). The number of aliphatic imine (C=N–C) groups is 1. The molecule has 0 radical (unpaired) electrons. The lowest BCUT2D eigenvalue weighted by Gasteiger charge is -2.20. The first kappa shape index (κ1) is 21.0. The van der Waals surface area contributed by atoms with E-state index in [0.717, 1.165) is 63.6 Å². The van der Waals surface area contributed by atoms with Gasteiger partial charge < -0.3 is 20.4 Å². The molecule has 27 heavy (non-hydrogen) atoms. The zero-order valence-corrected chi connectivity index (χ0v) is 16.5. The number of hydrogen-bond donors (Lipinski definition) is 2. The van der Waals surface area contributed by atoms with Crippen LogP contribution in [0.1, 0.15) is 32.6 Å². The van der Waals surface area contributed by atoms with Crippen molar-refractivity contribution < 1.29 is 9.18 Å². The predicted molar refractivity (Wildman–Crippen MR) is 109 cm³/mol. The summed E-state index contributed by atoms with van der Waals surface area (Å²) in [6.45, 7) is 6.84. The summed E-state index contributed by atoms with van der Waals surface area (Å²) in [5, 5.41) is 6.58. The zero-order valence-electron chi connectivity index (χ0n) is 16.5. The third kappa shape index (κ3) is 7.45. The number of nitrogens with one attached hydrogen (secondary N) is 2. The molecule has 1 heterocycles. The molecule has 1 aromatic carbocycles. The van der Waals surface area contributed by atoms with Gasteiger partial charge in [0.1, 0.15) is 5.82 Å². The van der Waals surface area contributed by atoms with Gasteiger partial charge in [-0.15, -0.1) is 0 Å². The van der Waals surface area contributed by atoms with Gasteiger partial charge in [-0.25, -0.2) is 4.39 Å². The summed E-state index contributed by atoms with van der Waals surface area (Å²) in [6, 6.07) is 6.64. The van der Waals surface area contributed by atoms with Crippen LogP contribution >= 0.6 is 0 Å². The van der Waals surface area contributed by atoms with Crippen molar-refractivity contribution >= 4 is 17.6 Å². The summed E-state index contributed by atoms with van der Waals surface area (Å²) in [5.74, 6) is 0.861. The van der Waals surface area contributed by atoms with Crippen molar-refractivity contribution in [1.29, 1.82) is 0 Å². The summed E-state index contributed by atoms with van der Waals surface area (Å²) in [5.41, 5.74) is 0.882. The van der Waals surface area contributed by atoms with E-state index in [4.69, 9.17) is 0 Å². The molecule has 0 spiro atoms. The molecule has 2 rings (SSSR count). The Balaban J connectivity index is 1.66. The van der Waals surface area contributed by atoms with Gasteiger partial charge in [0.15, 0.2) is 5.96 Å². The van der Waals surface area contributed by atoms with E-state index in [1.54, 1.807) is 12.1 Å². The minimum atomic E-state index is -0.213. The van der Waals surface area contributed by atoms with Gasteiger partial charge in [0, 0.05) is 58.4 Å². The Morgan fingerprint density at radius 3 is 2.89 bits per heavy atom. The molecular formula is C20H32FN5O. The lowest BCUT2D eigenvalue weighted by Crippen LogP contribution is -2.38. The molecule has 0 aromatic heterocycles. The molecule has 1 aliphatic rings. The van der Waals surface area contributed by atoms with Crippen molar-refractivity contribution in [3.63, 3.8) is 0 Å². The molecule has 7 heteroatoms. The fourth-order valence-electron chi connectivity index (χ4n) is 3.10. The lowest BCUT2D eigenvalue weighted by atomic mass is 10.2. The molecule has 0 atom stereocenters. The lowest BCUT2D eigenvalue weighted by molar-refractivity contribution is -0.127. The Morgan fingerprint density at radius 1 is 1.33 bits per heavy atom. The van der Waals surface area contributed by atoms with Gasteiger partial charge in [0.2, 0.25) is 5.91 Å². The molecule has 1 aromatic rings. The first-order valence-electron chi connectivity index (χ1n) is 9.87. The Hall–Kier alpha value is -2.31. The molecule has 1 fully saturated rings. The predicted octanol–water partition coefficient (Wildman–Crippen LogP) is 2.22. The number of amides is 1. The summed E-state index contributed by atoms with van der Waals surface area (Å²) in [4.78, 5) is 20.1. The Bertz CT molecular complexity index is 622. The smallest absolute Gasteiger partial charge is 0.222 e. The van der Waals surface area contributed by atoms with Crippen LogP contribution in [0.3, 0.4) is 0 Å². The zero-order chi connectivity index (χ0) is 19.5. The van der Waals surface area contributed by atoms with E-state index < -0.39 is 0 Å². The van der Waals surface area contributed by atoms with Crippen LogP contribution in [0.2, 0.25) is 0 Å². The number of nitrogens with zero attached hydrogens (tertiary/aromatic N) is 3. The van der Waals surface area contributed by atoms with E-state index in [0.29, 0.717) is 13.0 Å². The molecule has 0 bridgehead atoms. The molecule has 0 aliphatic carbocycles. The number of benzene rings is 1. The molecular weight excluding hydrogens is 345 g/mol. The maximum atomic E-state index is 13.3. The molecule has 2 N–H and O–H groups in total. The molecule has 6 nitrogen and oxygen atoms in total.